The summed E-state index contributed by atoms with van der Waals surface area (Å²) in [5.41, 5.74) is 0.901. The lowest BCUT2D eigenvalue weighted by Crippen LogP contribution is -2.10. The smallest absolute Gasteiger partial charge is 0.358 e. The lowest BCUT2D eigenvalue weighted by Gasteiger charge is -2.10. The predicted molar refractivity (Wildman–Crippen MR) is 97.2 cm³/mol. The fraction of sp³-hybridized carbons (Fsp3) is 0.312. The molecule has 0 unspecified atom stereocenters. The number of fused-ring (bicyclic) bond motifs is 1. The number of aliphatic hydroxyl groups is 1. The Morgan fingerprint density at radius 2 is 2.22 bits per heavy atom. The summed E-state index contributed by atoms with van der Waals surface area (Å²) in [6.45, 7) is 2.89. The number of aliphatic hydroxyl groups excluding tert-OH is 1. The summed E-state index contributed by atoms with van der Waals surface area (Å²) in [6.07, 6.45) is 1.53. The van der Waals surface area contributed by atoms with Crippen molar-refractivity contribution in [3.63, 3.8) is 0 Å². The molecule has 0 radical (unpaired) electrons. The molecule has 10 nitrogen and oxygen atoms in total. The van der Waals surface area contributed by atoms with Crippen molar-refractivity contribution < 1.29 is 19.7 Å². The first-order chi connectivity index (χ1) is 13.0. The van der Waals surface area contributed by atoms with Crippen molar-refractivity contribution in [3.8, 4) is 0 Å². The Balaban J connectivity index is 2.10. The first kappa shape index (κ1) is 19.0. The average Bonchev–Trinajstić information content (AvgIpc) is 3.01. The minimum absolute atomic E-state index is 0.111. The van der Waals surface area contributed by atoms with Gasteiger partial charge < -0.3 is 20.3 Å². The Labute approximate surface area is 158 Å². The fourth-order valence-electron chi connectivity index (χ4n) is 2.51. The molecule has 3 N–H and O–H groups in total. The molecule has 0 spiro atoms. The van der Waals surface area contributed by atoms with Gasteiger partial charge in [0.2, 0.25) is 5.28 Å². The Bertz CT molecular complexity index is 977. The van der Waals surface area contributed by atoms with Crippen molar-refractivity contribution in [1.29, 1.82) is 0 Å². The lowest BCUT2D eigenvalue weighted by molar-refractivity contribution is 0.0690. The number of hydrogen-bond donors (Lipinski definition) is 3. The van der Waals surface area contributed by atoms with Crippen LogP contribution in [0.4, 0.5) is 11.6 Å². The molecule has 0 atom stereocenters. The number of anilines is 2. The summed E-state index contributed by atoms with van der Waals surface area (Å²) in [5.74, 6) is -0.563. The quantitative estimate of drug-likeness (QED) is 0.387. The normalized spacial score (nSPS) is 11.1. The minimum atomic E-state index is -1.23. The molecule has 3 rings (SSSR count). The lowest BCUT2D eigenvalue weighted by atomic mass is 10.3. The molecule has 0 saturated heterocycles. The average molecular weight is 393 g/mol. The summed E-state index contributed by atoms with van der Waals surface area (Å²) < 4.78 is 6.79. The van der Waals surface area contributed by atoms with Crippen molar-refractivity contribution >= 4 is 40.2 Å². The van der Waals surface area contributed by atoms with Crippen molar-refractivity contribution in [2.45, 2.75) is 20.1 Å². The summed E-state index contributed by atoms with van der Waals surface area (Å²) in [5, 5.41) is 25.7. The number of hydrogen-bond acceptors (Lipinski definition) is 8. The minimum Gasteiger partial charge on any atom is -0.476 e. The van der Waals surface area contributed by atoms with E-state index in [1.807, 2.05) is 6.92 Å². The molecule has 3 heterocycles. The van der Waals surface area contributed by atoms with E-state index in [4.69, 9.17) is 16.3 Å². The SMILES string of the molecule is CCOCCn1nc(C(=O)O)c2nc(Cl)nc(Nc3cc(CO)ccn3)c21. The van der Waals surface area contributed by atoms with Gasteiger partial charge in [-0.25, -0.2) is 14.8 Å². The summed E-state index contributed by atoms with van der Waals surface area (Å²) >= 11 is 5.98. The highest BCUT2D eigenvalue weighted by molar-refractivity contribution is 6.29. The number of aromatic carboxylic acids is 1. The zero-order valence-electron chi connectivity index (χ0n) is 14.4. The number of halogens is 1. The molecule has 0 amide bonds. The Kier molecular flexibility index (Phi) is 5.79. The number of aromatic nitrogens is 5. The summed E-state index contributed by atoms with van der Waals surface area (Å²) in [7, 11) is 0. The molecular formula is C16H17ClN6O4. The number of rotatable bonds is 8. The third-order valence-corrected chi connectivity index (χ3v) is 3.84. The predicted octanol–water partition coefficient (Wildman–Crippen LogP) is 1.85. The molecule has 3 aromatic rings. The zero-order chi connectivity index (χ0) is 19.4. The molecule has 0 fully saturated rings. The third-order valence-electron chi connectivity index (χ3n) is 3.67. The van der Waals surface area contributed by atoms with E-state index >= 15 is 0 Å². The maximum absolute atomic E-state index is 11.6. The molecule has 3 aromatic heterocycles. The molecule has 27 heavy (non-hydrogen) atoms. The van der Waals surface area contributed by atoms with Crippen molar-refractivity contribution in [1.82, 2.24) is 24.7 Å². The number of carbonyl (C=O) groups is 1. The number of carboxylic acid groups (broad SMARTS) is 1. The maximum atomic E-state index is 11.6. The van der Waals surface area contributed by atoms with Crippen LogP contribution in [0.15, 0.2) is 18.3 Å². The van der Waals surface area contributed by atoms with Gasteiger partial charge in [-0.15, -0.1) is 0 Å². The van der Waals surface area contributed by atoms with Crippen LogP contribution in [-0.4, -0.2) is 54.1 Å². The number of pyridine rings is 1. The second kappa shape index (κ2) is 8.25. The van der Waals surface area contributed by atoms with E-state index in [2.05, 4.69) is 25.4 Å². The first-order valence-electron chi connectivity index (χ1n) is 8.11. The fourth-order valence-corrected chi connectivity index (χ4v) is 2.67. The summed E-state index contributed by atoms with van der Waals surface area (Å²) in [6, 6.07) is 3.31. The standard InChI is InChI=1S/C16H17ClN6O4/c1-2-27-6-5-23-13-11(12(22-23)15(25)26)20-16(17)21-14(13)19-10-7-9(8-24)3-4-18-10/h3-4,7,24H,2,5-6,8H2,1H3,(H,25,26)(H,18,19,20,21). The monoisotopic (exact) mass is 392 g/mol. The molecule has 142 valence electrons. The molecule has 0 aliphatic carbocycles. The van der Waals surface area contributed by atoms with Crippen LogP contribution in [0.5, 0.6) is 0 Å². The van der Waals surface area contributed by atoms with E-state index in [-0.39, 0.29) is 28.9 Å². The molecular weight excluding hydrogens is 376 g/mol. The van der Waals surface area contributed by atoms with Gasteiger partial charge in [-0.1, -0.05) is 0 Å². The number of carboxylic acids is 1. The van der Waals surface area contributed by atoms with Crippen LogP contribution in [0.25, 0.3) is 11.0 Å². The van der Waals surface area contributed by atoms with E-state index in [0.29, 0.717) is 36.7 Å². The van der Waals surface area contributed by atoms with E-state index in [1.165, 1.54) is 10.9 Å². The van der Waals surface area contributed by atoms with E-state index < -0.39 is 5.97 Å². The van der Waals surface area contributed by atoms with Crippen molar-refractivity contribution in [2.24, 2.45) is 0 Å². The van der Waals surface area contributed by atoms with Gasteiger partial charge in [-0.3, -0.25) is 4.68 Å². The van der Waals surface area contributed by atoms with E-state index in [9.17, 15) is 15.0 Å². The second-order valence-electron chi connectivity index (χ2n) is 5.44. The first-order valence-corrected chi connectivity index (χ1v) is 8.49. The van der Waals surface area contributed by atoms with Crippen molar-refractivity contribution in [2.75, 3.05) is 18.5 Å². The third kappa shape index (κ3) is 4.13. The molecule has 11 heteroatoms. The van der Waals surface area contributed by atoms with Gasteiger partial charge in [-0.2, -0.15) is 10.1 Å². The Hall–Kier alpha value is -2.82. The number of nitrogens with one attached hydrogen (secondary N) is 1. The maximum Gasteiger partial charge on any atom is 0.358 e. The van der Waals surface area contributed by atoms with Gasteiger partial charge in [0.25, 0.3) is 0 Å². The number of nitrogens with zero attached hydrogens (tertiary/aromatic N) is 5. The Morgan fingerprint density at radius 1 is 1.41 bits per heavy atom. The van der Waals surface area contributed by atoms with Crippen LogP contribution in [0.1, 0.15) is 23.0 Å². The largest absolute Gasteiger partial charge is 0.476 e. The van der Waals surface area contributed by atoms with Crippen LogP contribution in [0.3, 0.4) is 0 Å². The van der Waals surface area contributed by atoms with Gasteiger partial charge in [0.1, 0.15) is 16.9 Å². The molecule has 0 aromatic carbocycles. The van der Waals surface area contributed by atoms with E-state index in [1.54, 1.807) is 12.1 Å². The highest BCUT2D eigenvalue weighted by Gasteiger charge is 2.22. The highest BCUT2D eigenvalue weighted by atomic mass is 35.5. The topological polar surface area (TPSA) is 135 Å². The van der Waals surface area contributed by atoms with Gasteiger partial charge in [0.05, 0.1) is 19.8 Å². The Morgan fingerprint density at radius 3 is 2.93 bits per heavy atom. The van der Waals surface area contributed by atoms with Crippen LogP contribution in [0, 0.1) is 0 Å². The molecule has 0 bridgehead atoms. The van der Waals surface area contributed by atoms with E-state index in [0.717, 1.165) is 0 Å². The van der Waals surface area contributed by atoms with Crippen LogP contribution >= 0.6 is 11.6 Å². The molecule has 0 aliphatic rings. The van der Waals surface area contributed by atoms with Crippen LogP contribution in [0.2, 0.25) is 5.28 Å². The van der Waals surface area contributed by atoms with Crippen molar-refractivity contribution in [3.05, 3.63) is 34.9 Å². The summed E-state index contributed by atoms with van der Waals surface area (Å²) in [4.78, 5) is 23.9. The molecule has 0 saturated carbocycles. The zero-order valence-corrected chi connectivity index (χ0v) is 15.1. The highest BCUT2D eigenvalue weighted by Crippen LogP contribution is 2.27. The number of ether oxygens (including phenoxy) is 1. The van der Waals surface area contributed by atoms with Gasteiger partial charge in [-0.05, 0) is 36.2 Å². The van der Waals surface area contributed by atoms with Gasteiger partial charge >= 0.3 is 5.97 Å². The van der Waals surface area contributed by atoms with Crippen LogP contribution in [-0.2, 0) is 17.9 Å². The molecule has 0 aliphatic heterocycles. The van der Waals surface area contributed by atoms with Gasteiger partial charge in [0, 0.05) is 12.8 Å². The van der Waals surface area contributed by atoms with Gasteiger partial charge in [0.15, 0.2) is 11.5 Å². The van der Waals surface area contributed by atoms with Crippen LogP contribution < -0.4 is 5.32 Å². The second-order valence-corrected chi connectivity index (χ2v) is 5.78.